The van der Waals surface area contributed by atoms with E-state index in [1.54, 1.807) is 18.0 Å². The molecule has 16 heavy (non-hydrogen) atoms. The molecule has 0 spiro atoms. The van der Waals surface area contributed by atoms with E-state index in [1.165, 1.54) is 5.56 Å². The van der Waals surface area contributed by atoms with Gasteiger partial charge in [0.15, 0.2) is 0 Å². The number of hydrogen-bond donors (Lipinski definition) is 1. The summed E-state index contributed by atoms with van der Waals surface area (Å²) in [5.74, 6) is 0. The number of nitrogens with zero attached hydrogens (tertiary/aromatic N) is 1. The first-order chi connectivity index (χ1) is 7.75. The third-order valence-corrected chi connectivity index (χ3v) is 3.43. The standard InChI is InChI=1S/C13H14N2S/c1-10(11-5-3-2-4-6-11)16-13-8-7-12(14)9-15-13/h2-10H,14H2,1H3. The number of thioether (sulfide) groups is 1. The molecule has 1 atom stereocenters. The first kappa shape index (κ1) is 11.0. The van der Waals surface area contributed by atoms with Gasteiger partial charge in [-0.3, -0.25) is 0 Å². The zero-order valence-corrected chi connectivity index (χ0v) is 9.95. The lowest BCUT2D eigenvalue weighted by molar-refractivity contribution is 1.06. The number of benzene rings is 1. The summed E-state index contributed by atoms with van der Waals surface area (Å²) in [6.07, 6.45) is 1.69. The molecule has 0 aliphatic heterocycles. The van der Waals surface area contributed by atoms with Gasteiger partial charge in [-0.15, -0.1) is 0 Å². The monoisotopic (exact) mass is 230 g/mol. The van der Waals surface area contributed by atoms with Crippen LogP contribution < -0.4 is 5.73 Å². The number of hydrogen-bond acceptors (Lipinski definition) is 3. The summed E-state index contributed by atoms with van der Waals surface area (Å²) in [6.45, 7) is 2.18. The van der Waals surface area contributed by atoms with Crippen molar-refractivity contribution >= 4 is 17.4 Å². The minimum absolute atomic E-state index is 0.400. The van der Waals surface area contributed by atoms with Gasteiger partial charge in [0.2, 0.25) is 0 Å². The smallest absolute Gasteiger partial charge is 0.0967 e. The predicted octanol–water partition coefficient (Wildman–Crippen LogP) is 3.52. The highest BCUT2D eigenvalue weighted by atomic mass is 32.2. The van der Waals surface area contributed by atoms with E-state index in [2.05, 4.69) is 36.2 Å². The van der Waals surface area contributed by atoms with Crippen LogP contribution in [0.2, 0.25) is 0 Å². The second-order valence-electron chi connectivity index (χ2n) is 3.60. The lowest BCUT2D eigenvalue weighted by Gasteiger charge is -2.10. The Morgan fingerprint density at radius 1 is 1.12 bits per heavy atom. The van der Waals surface area contributed by atoms with E-state index >= 15 is 0 Å². The van der Waals surface area contributed by atoms with E-state index in [9.17, 15) is 0 Å². The lowest BCUT2D eigenvalue weighted by Crippen LogP contribution is -1.90. The Labute approximate surface area is 99.9 Å². The molecule has 0 saturated heterocycles. The first-order valence-electron chi connectivity index (χ1n) is 5.19. The van der Waals surface area contributed by atoms with Crippen molar-refractivity contribution in [2.45, 2.75) is 17.2 Å². The van der Waals surface area contributed by atoms with Crippen molar-refractivity contribution < 1.29 is 0 Å². The van der Waals surface area contributed by atoms with Crippen molar-refractivity contribution in [3.63, 3.8) is 0 Å². The lowest BCUT2D eigenvalue weighted by atomic mass is 10.2. The van der Waals surface area contributed by atoms with E-state index in [-0.39, 0.29) is 0 Å². The minimum atomic E-state index is 0.400. The van der Waals surface area contributed by atoms with E-state index < -0.39 is 0 Å². The number of rotatable bonds is 3. The summed E-state index contributed by atoms with van der Waals surface area (Å²) in [7, 11) is 0. The van der Waals surface area contributed by atoms with E-state index in [0.29, 0.717) is 10.9 Å². The molecule has 0 fully saturated rings. The third-order valence-electron chi connectivity index (χ3n) is 2.33. The van der Waals surface area contributed by atoms with E-state index in [1.807, 2.05) is 18.2 Å². The molecule has 3 heteroatoms. The summed E-state index contributed by atoms with van der Waals surface area (Å²) in [5, 5.41) is 1.41. The fourth-order valence-electron chi connectivity index (χ4n) is 1.43. The van der Waals surface area contributed by atoms with Crippen LogP contribution in [-0.2, 0) is 0 Å². The molecule has 1 aromatic carbocycles. The van der Waals surface area contributed by atoms with Crippen LogP contribution in [0, 0.1) is 0 Å². The van der Waals surface area contributed by atoms with Crippen LogP contribution in [-0.4, -0.2) is 4.98 Å². The highest BCUT2D eigenvalue weighted by molar-refractivity contribution is 7.99. The first-order valence-corrected chi connectivity index (χ1v) is 6.07. The summed E-state index contributed by atoms with van der Waals surface area (Å²) in [4.78, 5) is 4.28. The Bertz CT molecular complexity index is 439. The molecule has 1 unspecified atom stereocenters. The summed E-state index contributed by atoms with van der Waals surface area (Å²) < 4.78 is 0. The van der Waals surface area contributed by atoms with Crippen molar-refractivity contribution in [2.24, 2.45) is 0 Å². The average Bonchev–Trinajstić information content (AvgIpc) is 2.33. The third kappa shape index (κ3) is 2.76. The van der Waals surface area contributed by atoms with Crippen molar-refractivity contribution in [1.29, 1.82) is 0 Å². The normalized spacial score (nSPS) is 12.3. The van der Waals surface area contributed by atoms with Gasteiger partial charge in [0.1, 0.15) is 0 Å². The summed E-state index contributed by atoms with van der Waals surface area (Å²) in [6, 6.07) is 14.3. The Kier molecular flexibility index (Phi) is 3.47. The van der Waals surface area contributed by atoms with Gasteiger partial charge in [-0.05, 0) is 24.6 Å². The summed E-state index contributed by atoms with van der Waals surface area (Å²) in [5.41, 5.74) is 7.61. The maximum absolute atomic E-state index is 5.60. The van der Waals surface area contributed by atoms with Crippen LogP contribution in [0.1, 0.15) is 17.7 Å². The van der Waals surface area contributed by atoms with E-state index in [0.717, 1.165) is 5.03 Å². The number of pyridine rings is 1. The predicted molar refractivity (Wildman–Crippen MR) is 69.4 cm³/mol. The SMILES string of the molecule is CC(Sc1ccc(N)cn1)c1ccccc1. The number of anilines is 1. The van der Waals surface area contributed by atoms with Crippen molar-refractivity contribution in [1.82, 2.24) is 4.98 Å². The topological polar surface area (TPSA) is 38.9 Å². The molecule has 2 N–H and O–H groups in total. The Morgan fingerprint density at radius 2 is 1.88 bits per heavy atom. The van der Waals surface area contributed by atoms with Crippen molar-refractivity contribution in [2.75, 3.05) is 5.73 Å². The molecule has 2 nitrogen and oxygen atoms in total. The van der Waals surface area contributed by atoms with Crippen LogP contribution in [0.3, 0.4) is 0 Å². The van der Waals surface area contributed by atoms with Crippen LogP contribution in [0.15, 0.2) is 53.7 Å². The van der Waals surface area contributed by atoms with Crippen molar-refractivity contribution in [3.8, 4) is 0 Å². The molecule has 2 rings (SSSR count). The van der Waals surface area contributed by atoms with Gasteiger partial charge < -0.3 is 5.73 Å². The highest BCUT2D eigenvalue weighted by Crippen LogP contribution is 2.33. The van der Waals surface area contributed by atoms with Gasteiger partial charge >= 0.3 is 0 Å². The number of nitrogen functional groups attached to an aromatic ring is 1. The fourth-order valence-corrected chi connectivity index (χ4v) is 2.35. The molecule has 2 aromatic rings. The maximum atomic E-state index is 5.60. The highest BCUT2D eigenvalue weighted by Gasteiger charge is 2.07. The second kappa shape index (κ2) is 5.03. The van der Waals surface area contributed by atoms with Gasteiger partial charge in [0, 0.05) is 5.25 Å². The van der Waals surface area contributed by atoms with E-state index in [4.69, 9.17) is 5.73 Å². The fraction of sp³-hybridized carbons (Fsp3) is 0.154. The Hall–Kier alpha value is -1.48. The average molecular weight is 230 g/mol. The van der Waals surface area contributed by atoms with Crippen LogP contribution >= 0.6 is 11.8 Å². The minimum Gasteiger partial charge on any atom is -0.397 e. The number of nitrogens with two attached hydrogens (primary N) is 1. The molecule has 0 radical (unpaired) electrons. The van der Waals surface area contributed by atoms with Crippen LogP contribution in [0.5, 0.6) is 0 Å². The van der Waals surface area contributed by atoms with Gasteiger partial charge in [-0.25, -0.2) is 4.98 Å². The quantitative estimate of drug-likeness (QED) is 0.820. The van der Waals surface area contributed by atoms with Crippen molar-refractivity contribution in [3.05, 3.63) is 54.2 Å². The van der Waals surface area contributed by atoms with Gasteiger partial charge in [-0.2, -0.15) is 0 Å². The Balaban J connectivity index is 2.08. The summed E-state index contributed by atoms with van der Waals surface area (Å²) >= 11 is 1.74. The van der Waals surface area contributed by atoms with Gasteiger partial charge in [0.25, 0.3) is 0 Å². The molecule has 0 aliphatic carbocycles. The zero-order valence-electron chi connectivity index (χ0n) is 9.13. The largest absolute Gasteiger partial charge is 0.397 e. The molecule has 0 aliphatic rings. The number of aromatic nitrogens is 1. The molecule has 0 amide bonds. The molecule has 1 heterocycles. The second-order valence-corrected chi connectivity index (χ2v) is 4.96. The van der Waals surface area contributed by atoms with Gasteiger partial charge in [-0.1, -0.05) is 42.1 Å². The molecular formula is C13H14N2S. The maximum Gasteiger partial charge on any atom is 0.0967 e. The zero-order chi connectivity index (χ0) is 11.4. The molecule has 82 valence electrons. The van der Waals surface area contributed by atoms with Gasteiger partial charge in [0.05, 0.1) is 16.9 Å². The molecular weight excluding hydrogens is 216 g/mol. The molecule has 0 saturated carbocycles. The molecule has 0 bridgehead atoms. The Morgan fingerprint density at radius 3 is 2.50 bits per heavy atom. The molecule has 1 aromatic heterocycles. The van der Waals surface area contributed by atoms with Crippen LogP contribution in [0.25, 0.3) is 0 Å². The van der Waals surface area contributed by atoms with Crippen LogP contribution in [0.4, 0.5) is 5.69 Å².